The molecule has 2 N–H and O–H groups in total. The Morgan fingerprint density at radius 1 is 1.40 bits per heavy atom. The Bertz CT molecular complexity index is 768. The van der Waals surface area contributed by atoms with Crippen LogP contribution in [0.15, 0.2) is 40.1 Å². The van der Waals surface area contributed by atoms with Gasteiger partial charge >= 0.3 is 5.97 Å². The fourth-order valence-corrected chi connectivity index (χ4v) is 3.48. The molecule has 1 amide bonds. The normalized spacial score (nSPS) is 19.8. The number of ether oxygens (including phenoxy) is 1. The van der Waals surface area contributed by atoms with Crippen molar-refractivity contribution in [3.05, 3.63) is 40.7 Å². The van der Waals surface area contributed by atoms with Crippen molar-refractivity contribution in [2.45, 2.75) is 19.8 Å². The van der Waals surface area contributed by atoms with Crippen LogP contribution in [-0.2, 0) is 14.3 Å². The second-order valence-corrected chi connectivity index (χ2v) is 6.29. The molecule has 0 saturated carbocycles. The number of amides is 1. The molecule has 2 rings (SSSR count). The van der Waals surface area contributed by atoms with Gasteiger partial charge in [0.25, 0.3) is 0 Å². The van der Waals surface area contributed by atoms with Gasteiger partial charge in [-0.3, -0.25) is 14.6 Å². The molecule has 0 aromatic carbocycles. The Labute approximate surface area is 150 Å². The lowest BCUT2D eigenvalue weighted by Gasteiger charge is -2.30. The minimum atomic E-state index is -0.699. The van der Waals surface area contributed by atoms with Crippen molar-refractivity contribution in [2.24, 2.45) is 16.6 Å². The first-order chi connectivity index (χ1) is 12.0. The molecule has 7 nitrogen and oxygen atoms in total. The number of thioether (sulfide) groups is 1. The van der Waals surface area contributed by atoms with Gasteiger partial charge < -0.3 is 10.5 Å². The Morgan fingerprint density at radius 2 is 2.08 bits per heavy atom. The summed E-state index contributed by atoms with van der Waals surface area (Å²) in [5.41, 5.74) is 6.81. The minimum absolute atomic E-state index is 0.00440. The van der Waals surface area contributed by atoms with E-state index in [0.717, 1.165) is 17.3 Å². The second-order valence-electron chi connectivity index (χ2n) is 5.33. The van der Waals surface area contributed by atoms with Gasteiger partial charge in [0.2, 0.25) is 5.91 Å². The molecule has 1 unspecified atom stereocenters. The molecule has 130 valence electrons. The van der Waals surface area contributed by atoms with Crippen LogP contribution in [0, 0.1) is 17.2 Å². The van der Waals surface area contributed by atoms with E-state index in [9.17, 15) is 14.9 Å². The molecule has 1 aromatic rings. The number of nitrogens with zero attached hydrogens (tertiary/aromatic N) is 3. The molecule has 1 aliphatic rings. The second kappa shape index (κ2) is 8.44. The van der Waals surface area contributed by atoms with Gasteiger partial charge in [-0.15, -0.1) is 0 Å². The van der Waals surface area contributed by atoms with Crippen LogP contribution < -0.4 is 5.73 Å². The highest BCUT2D eigenvalue weighted by molar-refractivity contribution is 8.03. The van der Waals surface area contributed by atoms with Gasteiger partial charge in [-0.1, -0.05) is 11.8 Å². The monoisotopic (exact) mass is 358 g/mol. The molecule has 1 aliphatic heterocycles. The number of esters is 1. The van der Waals surface area contributed by atoms with E-state index in [1.54, 1.807) is 38.4 Å². The molecule has 0 fully saturated rings. The Balaban J connectivity index is 2.54. The lowest BCUT2D eigenvalue weighted by Crippen LogP contribution is -2.34. The lowest BCUT2D eigenvalue weighted by atomic mass is 9.77. The first-order valence-corrected chi connectivity index (χ1v) is 8.65. The number of aromatic nitrogens is 1. The van der Waals surface area contributed by atoms with E-state index in [0.29, 0.717) is 16.3 Å². The van der Waals surface area contributed by atoms with Crippen LogP contribution in [-0.4, -0.2) is 34.9 Å². The maximum atomic E-state index is 12.5. The van der Waals surface area contributed by atoms with Gasteiger partial charge in [0.05, 0.1) is 24.0 Å². The summed E-state index contributed by atoms with van der Waals surface area (Å²) < 4.78 is 5.18. The quantitative estimate of drug-likeness (QED) is 0.774. The number of aliphatic imine (C=N–C) groups is 1. The molecule has 1 aromatic heterocycles. The van der Waals surface area contributed by atoms with Crippen molar-refractivity contribution >= 4 is 29.4 Å². The topological polar surface area (TPSA) is 118 Å². The molecule has 25 heavy (non-hydrogen) atoms. The van der Waals surface area contributed by atoms with E-state index in [1.165, 1.54) is 0 Å². The van der Waals surface area contributed by atoms with Crippen LogP contribution in [0.3, 0.4) is 0 Å². The number of nitrogens with two attached hydrogens (primary N) is 1. The maximum absolute atomic E-state index is 12.5. The predicted octanol–water partition coefficient (Wildman–Crippen LogP) is 1.77. The fourth-order valence-electron chi connectivity index (χ4n) is 2.67. The largest absolute Gasteiger partial charge is 0.465 e. The van der Waals surface area contributed by atoms with Gasteiger partial charge in [0, 0.05) is 24.0 Å². The average Bonchev–Trinajstić information content (AvgIpc) is 2.60. The summed E-state index contributed by atoms with van der Waals surface area (Å²) in [7, 11) is 0. The standard InChI is InChI=1S/C17H18N4O3S/c1-3-24-17(23)14-10(2)21-16(25-9-13(19)22)12(8-18)15(14)11-4-6-20-7-5-11/h4-7,14-15H,3,9H2,1-2H3,(H2,19,22)/t14?,15-/m1/s1. The highest BCUT2D eigenvalue weighted by Gasteiger charge is 2.40. The molecule has 0 spiro atoms. The van der Waals surface area contributed by atoms with Gasteiger partial charge in [0.1, 0.15) is 10.9 Å². The number of hydrogen-bond donors (Lipinski definition) is 1. The molecule has 0 saturated heterocycles. The van der Waals surface area contributed by atoms with E-state index in [-0.39, 0.29) is 12.4 Å². The van der Waals surface area contributed by atoms with Crippen LogP contribution in [0.1, 0.15) is 25.3 Å². The van der Waals surface area contributed by atoms with E-state index in [1.807, 2.05) is 0 Å². The van der Waals surface area contributed by atoms with Crippen LogP contribution in [0.5, 0.6) is 0 Å². The molecular weight excluding hydrogens is 340 g/mol. The van der Waals surface area contributed by atoms with Crippen molar-refractivity contribution in [3.8, 4) is 6.07 Å². The fraction of sp³-hybridized carbons (Fsp3) is 0.353. The summed E-state index contributed by atoms with van der Waals surface area (Å²) in [6.07, 6.45) is 3.20. The summed E-state index contributed by atoms with van der Waals surface area (Å²) >= 11 is 1.09. The number of allylic oxidation sites excluding steroid dienone is 1. The third-order valence-electron chi connectivity index (χ3n) is 3.68. The molecule has 0 bridgehead atoms. The van der Waals surface area contributed by atoms with Crippen LogP contribution >= 0.6 is 11.8 Å². The number of rotatable bonds is 6. The van der Waals surface area contributed by atoms with Crippen molar-refractivity contribution < 1.29 is 14.3 Å². The van der Waals surface area contributed by atoms with Crippen molar-refractivity contribution in [3.63, 3.8) is 0 Å². The van der Waals surface area contributed by atoms with Gasteiger partial charge in [-0.2, -0.15) is 5.26 Å². The van der Waals surface area contributed by atoms with Crippen molar-refractivity contribution in [1.29, 1.82) is 5.26 Å². The smallest absolute Gasteiger partial charge is 0.315 e. The highest BCUT2D eigenvalue weighted by Crippen LogP contribution is 2.42. The molecule has 2 atom stereocenters. The average molecular weight is 358 g/mol. The molecular formula is C17H18N4O3S. The summed E-state index contributed by atoms with van der Waals surface area (Å²) in [6.45, 7) is 3.68. The van der Waals surface area contributed by atoms with Crippen molar-refractivity contribution in [2.75, 3.05) is 12.4 Å². The number of pyridine rings is 1. The number of primary amides is 1. The number of carbonyl (C=O) groups is 2. The number of hydrogen-bond acceptors (Lipinski definition) is 7. The maximum Gasteiger partial charge on any atom is 0.315 e. The van der Waals surface area contributed by atoms with E-state index >= 15 is 0 Å². The van der Waals surface area contributed by atoms with E-state index < -0.39 is 23.7 Å². The lowest BCUT2D eigenvalue weighted by molar-refractivity contribution is -0.146. The van der Waals surface area contributed by atoms with Gasteiger partial charge in [0.15, 0.2) is 0 Å². The zero-order valence-corrected chi connectivity index (χ0v) is 14.7. The van der Waals surface area contributed by atoms with Crippen LogP contribution in [0.25, 0.3) is 0 Å². The Morgan fingerprint density at radius 3 is 2.64 bits per heavy atom. The summed E-state index contributed by atoms with van der Waals surface area (Å²) in [6, 6.07) is 5.65. The highest BCUT2D eigenvalue weighted by atomic mass is 32.2. The first-order valence-electron chi connectivity index (χ1n) is 7.66. The SMILES string of the molecule is CCOC(=O)C1C(C)=NC(SCC(N)=O)=C(C#N)[C@H]1c1ccncc1. The Hall–Kier alpha value is -2.66. The minimum Gasteiger partial charge on any atom is -0.465 e. The van der Waals surface area contributed by atoms with Gasteiger partial charge in [-0.25, -0.2) is 4.99 Å². The molecule has 0 radical (unpaired) electrons. The molecule has 0 aliphatic carbocycles. The zero-order chi connectivity index (χ0) is 18.4. The summed E-state index contributed by atoms with van der Waals surface area (Å²) in [5, 5.41) is 10.1. The van der Waals surface area contributed by atoms with E-state index in [2.05, 4.69) is 16.0 Å². The number of carbonyl (C=O) groups excluding carboxylic acids is 2. The predicted molar refractivity (Wildman–Crippen MR) is 94.5 cm³/mol. The Kier molecular flexibility index (Phi) is 6.31. The first kappa shape index (κ1) is 18.7. The third-order valence-corrected chi connectivity index (χ3v) is 4.69. The number of nitriles is 1. The third kappa shape index (κ3) is 4.25. The molecule has 2 heterocycles. The van der Waals surface area contributed by atoms with Crippen LogP contribution in [0.2, 0.25) is 0 Å². The summed E-state index contributed by atoms with van der Waals surface area (Å²) in [4.78, 5) is 32.0. The van der Waals surface area contributed by atoms with Crippen LogP contribution in [0.4, 0.5) is 0 Å². The zero-order valence-electron chi connectivity index (χ0n) is 13.9. The van der Waals surface area contributed by atoms with Crippen molar-refractivity contribution in [1.82, 2.24) is 4.98 Å². The van der Waals surface area contributed by atoms with Gasteiger partial charge in [-0.05, 0) is 31.5 Å². The van der Waals surface area contributed by atoms with E-state index in [4.69, 9.17) is 10.5 Å². The summed E-state index contributed by atoms with van der Waals surface area (Å²) in [5.74, 6) is -2.17. The molecule has 8 heteroatoms.